The van der Waals surface area contributed by atoms with E-state index in [9.17, 15) is 4.79 Å². The Bertz CT molecular complexity index is 672. The fourth-order valence-electron chi connectivity index (χ4n) is 1.86. The van der Waals surface area contributed by atoms with Crippen molar-refractivity contribution in [2.75, 3.05) is 6.61 Å². The van der Waals surface area contributed by atoms with Gasteiger partial charge in [0.25, 0.3) is 0 Å². The lowest BCUT2D eigenvalue weighted by Gasteiger charge is -2.13. The fourth-order valence-corrected chi connectivity index (χ4v) is 2.16. The number of carbonyl (C=O) groups excluding carboxylic acids is 1. The molecule has 0 saturated heterocycles. The lowest BCUT2D eigenvalue weighted by atomic mass is 10.1. The van der Waals surface area contributed by atoms with Gasteiger partial charge < -0.3 is 4.74 Å². The standard InChI is InChI=1S/C17H15Cl2NO2/c1-12(21)22-11-17(14-7-8-15(18)16(19)9-14)20-10-13-5-3-2-4-6-13/h2-10,17H,11H2,1H3. The number of aliphatic imine (C=N–C) groups is 1. The first kappa shape index (κ1) is 16.5. The van der Waals surface area contributed by atoms with Crippen LogP contribution in [0.3, 0.4) is 0 Å². The molecule has 2 rings (SSSR count). The van der Waals surface area contributed by atoms with Gasteiger partial charge in [-0.1, -0.05) is 59.6 Å². The molecule has 0 radical (unpaired) electrons. The summed E-state index contributed by atoms with van der Waals surface area (Å²) in [6.07, 6.45) is 1.75. The van der Waals surface area contributed by atoms with Gasteiger partial charge in [-0.25, -0.2) is 0 Å². The first-order chi connectivity index (χ1) is 10.6. The Labute approximate surface area is 139 Å². The highest BCUT2D eigenvalue weighted by molar-refractivity contribution is 6.42. The molecule has 114 valence electrons. The quantitative estimate of drug-likeness (QED) is 0.585. The van der Waals surface area contributed by atoms with Gasteiger partial charge in [0.1, 0.15) is 12.6 Å². The van der Waals surface area contributed by atoms with Crippen LogP contribution in [0, 0.1) is 0 Å². The number of hydrogen-bond donors (Lipinski definition) is 0. The van der Waals surface area contributed by atoms with Crippen molar-refractivity contribution in [1.82, 2.24) is 0 Å². The number of rotatable bonds is 5. The highest BCUT2D eigenvalue weighted by Crippen LogP contribution is 2.27. The molecule has 5 heteroatoms. The predicted octanol–water partition coefficient (Wildman–Crippen LogP) is 4.72. The van der Waals surface area contributed by atoms with Crippen molar-refractivity contribution in [1.29, 1.82) is 0 Å². The maximum atomic E-state index is 11.1. The van der Waals surface area contributed by atoms with Crippen molar-refractivity contribution in [3.63, 3.8) is 0 Å². The van der Waals surface area contributed by atoms with Gasteiger partial charge in [-0.2, -0.15) is 0 Å². The number of halogens is 2. The van der Waals surface area contributed by atoms with Crippen LogP contribution in [0.25, 0.3) is 0 Å². The van der Waals surface area contributed by atoms with Crippen molar-refractivity contribution >= 4 is 35.4 Å². The van der Waals surface area contributed by atoms with Crippen LogP contribution in [-0.2, 0) is 9.53 Å². The Kier molecular flexibility index (Phi) is 5.99. The molecular weight excluding hydrogens is 321 g/mol. The molecule has 22 heavy (non-hydrogen) atoms. The van der Waals surface area contributed by atoms with Crippen LogP contribution < -0.4 is 0 Å². The van der Waals surface area contributed by atoms with Crippen LogP contribution in [0.1, 0.15) is 24.1 Å². The fraction of sp³-hybridized carbons (Fsp3) is 0.176. The third kappa shape index (κ3) is 4.86. The second-order valence-electron chi connectivity index (χ2n) is 4.68. The highest BCUT2D eigenvalue weighted by Gasteiger charge is 2.13. The van der Waals surface area contributed by atoms with E-state index in [0.717, 1.165) is 11.1 Å². The maximum absolute atomic E-state index is 11.1. The highest BCUT2D eigenvalue weighted by atomic mass is 35.5. The number of benzene rings is 2. The summed E-state index contributed by atoms with van der Waals surface area (Å²) >= 11 is 12.0. The third-order valence-electron chi connectivity index (χ3n) is 2.98. The average molecular weight is 336 g/mol. The van der Waals surface area contributed by atoms with E-state index in [0.29, 0.717) is 10.0 Å². The normalized spacial score (nSPS) is 12.3. The van der Waals surface area contributed by atoms with Gasteiger partial charge >= 0.3 is 5.97 Å². The molecule has 0 aliphatic carbocycles. The Morgan fingerprint density at radius 1 is 1.18 bits per heavy atom. The van der Waals surface area contributed by atoms with Crippen LogP contribution in [0.5, 0.6) is 0 Å². The van der Waals surface area contributed by atoms with Crippen molar-refractivity contribution < 1.29 is 9.53 Å². The molecule has 0 spiro atoms. The maximum Gasteiger partial charge on any atom is 0.302 e. The zero-order chi connectivity index (χ0) is 15.9. The van der Waals surface area contributed by atoms with E-state index in [1.165, 1.54) is 6.92 Å². The smallest absolute Gasteiger partial charge is 0.302 e. The molecule has 0 N–H and O–H groups in total. The van der Waals surface area contributed by atoms with Gasteiger partial charge in [-0.15, -0.1) is 0 Å². The summed E-state index contributed by atoms with van der Waals surface area (Å²) in [5.41, 5.74) is 1.80. The van der Waals surface area contributed by atoms with E-state index in [1.807, 2.05) is 36.4 Å². The lowest BCUT2D eigenvalue weighted by Crippen LogP contribution is -2.09. The topological polar surface area (TPSA) is 38.7 Å². The summed E-state index contributed by atoms with van der Waals surface area (Å²) in [6.45, 7) is 1.52. The zero-order valence-electron chi connectivity index (χ0n) is 12.0. The molecule has 0 heterocycles. The van der Waals surface area contributed by atoms with Crippen LogP contribution >= 0.6 is 23.2 Å². The number of ether oxygens (including phenoxy) is 1. The number of esters is 1. The molecule has 2 aromatic rings. The summed E-state index contributed by atoms with van der Waals surface area (Å²) in [5.74, 6) is -0.347. The predicted molar refractivity (Wildman–Crippen MR) is 89.9 cm³/mol. The van der Waals surface area contributed by atoms with Crippen molar-refractivity contribution in [3.8, 4) is 0 Å². The molecule has 0 bridgehead atoms. The summed E-state index contributed by atoms with van der Waals surface area (Å²) in [7, 11) is 0. The van der Waals surface area contributed by atoms with Crippen molar-refractivity contribution in [2.24, 2.45) is 4.99 Å². The lowest BCUT2D eigenvalue weighted by molar-refractivity contribution is -0.141. The van der Waals surface area contributed by atoms with E-state index in [1.54, 1.807) is 18.3 Å². The van der Waals surface area contributed by atoms with Crippen molar-refractivity contribution in [2.45, 2.75) is 13.0 Å². The average Bonchev–Trinajstić information content (AvgIpc) is 2.51. The Morgan fingerprint density at radius 2 is 1.91 bits per heavy atom. The summed E-state index contributed by atoms with van der Waals surface area (Å²) in [6, 6.07) is 14.6. The van der Waals surface area contributed by atoms with E-state index < -0.39 is 0 Å². The monoisotopic (exact) mass is 335 g/mol. The largest absolute Gasteiger partial charge is 0.463 e. The van der Waals surface area contributed by atoms with Gasteiger partial charge in [0.15, 0.2) is 0 Å². The minimum atomic E-state index is -0.347. The van der Waals surface area contributed by atoms with Gasteiger partial charge in [0.2, 0.25) is 0 Å². The third-order valence-corrected chi connectivity index (χ3v) is 3.72. The Hall–Kier alpha value is -1.84. The molecule has 1 unspecified atom stereocenters. The summed E-state index contributed by atoms with van der Waals surface area (Å²) in [4.78, 5) is 15.6. The molecule has 0 amide bonds. The minimum absolute atomic E-state index is 0.149. The number of nitrogens with zero attached hydrogens (tertiary/aromatic N) is 1. The van der Waals surface area contributed by atoms with Gasteiger partial charge in [0.05, 0.1) is 10.0 Å². The van der Waals surface area contributed by atoms with Crippen LogP contribution in [0.2, 0.25) is 10.0 Å². The molecule has 1 atom stereocenters. The van der Waals surface area contributed by atoms with Crippen LogP contribution in [0.4, 0.5) is 0 Å². The van der Waals surface area contributed by atoms with Crippen LogP contribution in [0.15, 0.2) is 53.5 Å². The zero-order valence-corrected chi connectivity index (χ0v) is 13.5. The number of hydrogen-bond acceptors (Lipinski definition) is 3. The molecule has 0 aromatic heterocycles. The number of carbonyl (C=O) groups is 1. The molecule has 0 fully saturated rings. The Balaban J connectivity index is 2.23. The first-order valence-electron chi connectivity index (χ1n) is 6.73. The molecule has 0 saturated carbocycles. The van der Waals surface area contributed by atoms with E-state index in [4.69, 9.17) is 27.9 Å². The summed E-state index contributed by atoms with van der Waals surface area (Å²) < 4.78 is 5.09. The minimum Gasteiger partial charge on any atom is -0.463 e. The van der Waals surface area contributed by atoms with E-state index in [-0.39, 0.29) is 18.6 Å². The molecule has 3 nitrogen and oxygen atoms in total. The molecule has 0 aliphatic rings. The van der Waals surface area contributed by atoms with E-state index in [2.05, 4.69) is 4.99 Å². The molecular formula is C17H15Cl2NO2. The Morgan fingerprint density at radius 3 is 2.55 bits per heavy atom. The van der Waals surface area contributed by atoms with Gasteiger partial charge in [-0.3, -0.25) is 9.79 Å². The second kappa shape index (κ2) is 7.97. The SMILES string of the molecule is CC(=O)OCC(N=Cc1ccccc1)c1ccc(Cl)c(Cl)c1. The summed E-state index contributed by atoms with van der Waals surface area (Å²) in [5, 5.41) is 0.922. The van der Waals surface area contributed by atoms with Gasteiger partial charge in [0, 0.05) is 13.1 Å². The molecule has 0 aliphatic heterocycles. The van der Waals surface area contributed by atoms with E-state index >= 15 is 0 Å². The first-order valence-corrected chi connectivity index (χ1v) is 7.48. The van der Waals surface area contributed by atoms with Gasteiger partial charge in [-0.05, 0) is 23.3 Å². The van der Waals surface area contributed by atoms with Crippen molar-refractivity contribution in [3.05, 3.63) is 69.7 Å². The second-order valence-corrected chi connectivity index (χ2v) is 5.50. The van der Waals surface area contributed by atoms with Crippen LogP contribution in [-0.4, -0.2) is 18.8 Å². The molecule has 2 aromatic carbocycles.